The Bertz CT molecular complexity index is 93.4. The first-order valence-corrected chi connectivity index (χ1v) is 2.16. The number of halogens is 1. The Balaban J connectivity index is -0.0000000817. The summed E-state index contributed by atoms with van der Waals surface area (Å²) < 4.78 is 3.43. The van der Waals surface area contributed by atoms with E-state index < -0.39 is 12.1 Å². The molecule has 0 heterocycles. The van der Waals surface area contributed by atoms with Gasteiger partial charge >= 0.3 is 5.97 Å². The van der Waals surface area contributed by atoms with Crippen LogP contribution in [0.25, 0.3) is 0 Å². The zero-order valence-electron chi connectivity index (χ0n) is 6.70. The van der Waals surface area contributed by atoms with E-state index in [2.05, 4.69) is 21.2 Å². The average Bonchev–Trinajstić information content (AvgIpc) is 1.67. The van der Waals surface area contributed by atoms with Crippen LogP contribution in [0.1, 0.15) is 6.92 Å². The van der Waals surface area contributed by atoms with Gasteiger partial charge in [0.25, 0.3) is 0 Å². The van der Waals surface area contributed by atoms with E-state index in [1.807, 2.05) is 0 Å². The third-order valence-corrected chi connectivity index (χ3v) is 0.518. The van der Waals surface area contributed by atoms with Gasteiger partial charge in [0.05, 0.1) is 0 Å². The number of rotatable bonds is 2. The first-order chi connectivity index (χ1) is 3.68. The fourth-order valence-corrected chi connectivity index (χ4v) is 0.163. The second-order valence-corrected chi connectivity index (χ2v) is 1.27. The summed E-state index contributed by atoms with van der Waals surface area (Å²) in [5.41, 5.74) is 0. The first kappa shape index (κ1) is 23.2. The summed E-state index contributed by atoms with van der Waals surface area (Å²) in [4.78, 5) is 13.7. The van der Waals surface area contributed by atoms with Crippen LogP contribution >= 0.6 is 11.9 Å². The van der Waals surface area contributed by atoms with Crippen molar-refractivity contribution in [2.24, 2.45) is 0 Å². The second kappa shape index (κ2) is 14.7. The van der Waals surface area contributed by atoms with Gasteiger partial charge in [-0.15, -0.1) is 0 Å². The van der Waals surface area contributed by atoms with Gasteiger partial charge in [-0.1, -0.05) is 4.44 Å². The Hall–Kier alpha value is 2.21. The van der Waals surface area contributed by atoms with E-state index in [0.717, 1.165) is 0 Å². The number of hydrogen-bond donors (Lipinski definition) is 1. The van der Waals surface area contributed by atoms with Crippen molar-refractivity contribution < 1.29 is 19.2 Å². The molecule has 0 amide bonds. The second-order valence-electron chi connectivity index (χ2n) is 1.14. The minimum absolute atomic E-state index is 0. The van der Waals surface area contributed by atoms with E-state index in [-0.39, 0.29) is 76.5 Å². The first-order valence-electron chi connectivity index (χ1n) is 1.85. The number of carbonyl (C=O) groups excluding carboxylic acids is 1. The summed E-state index contributed by atoms with van der Waals surface area (Å²) in [5, 5.41) is 8.34. The molecule has 0 fully saturated rings. The fourth-order valence-electron chi connectivity index (χ4n) is 0.101. The molecule has 0 saturated carbocycles. The van der Waals surface area contributed by atoms with Crippen molar-refractivity contribution in [2.75, 3.05) is 0 Å². The molecule has 1 atom stereocenters. The van der Waals surface area contributed by atoms with Crippen molar-refractivity contribution in [1.29, 1.82) is 0 Å². The maximum atomic E-state index is 10.1. The molecule has 1 unspecified atom stereocenters. The average molecular weight is 213 g/mol. The topological polar surface area (TPSA) is 55.8 Å². The van der Waals surface area contributed by atoms with Crippen molar-refractivity contribution in [2.45, 2.75) is 13.0 Å². The van der Waals surface area contributed by atoms with Gasteiger partial charge in [0.1, 0.15) is 11.9 Å². The minimum Gasteiger partial charge on any atom is -0.382 e. The summed E-state index contributed by atoms with van der Waals surface area (Å²) in [5.74, 6) is -0.917. The molecule has 0 saturated heterocycles. The molecule has 0 spiro atoms. The van der Waals surface area contributed by atoms with Crippen LogP contribution in [0.5, 0.6) is 0 Å². The molecule has 5 radical (unpaired) electrons. The number of carbonyl (C=O) groups is 1. The normalized spacial score (nSPS) is 9.36. The van der Waals surface area contributed by atoms with Gasteiger partial charge in [0, 0.05) is 76.5 Å². The Labute approximate surface area is 125 Å². The largest absolute Gasteiger partial charge is 0.382 e. The molecule has 0 aromatic rings. The van der Waals surface area contributed by atoms with Crippen molar-refractivity contribution in [3.8, 4) is 0 Å². The maximum absolute atomic E-state index is 10.1. The molecule has 1 N–H and O–H groups in total. The molecule has 0 aliphatic rings. The summed E-state index contributed by atoms with van der Waals surface area (Å²) >= 11 is 4.49. The Kier molecular flexibility index (Phi) is 31.1. The quantitative estimate of drug-likeness (QED) is 0.358. The van der Waals surface area contributed by atoms with Crippen LogP contribution in [0.4, 0.5) is 0 Å². The predicted molar refractivity (Wildman–Crippen MR) is 42.0 cm³/mol. The molecule has 0 aromatic heterocycles. The third kappa shape index (κ3) is 15.0. The molecular weight excluding hydrogens is 208 g/mol. The van der Waals surface area contributed by atoms with Crippen molar-refractivity contribution in [3.63, 3.8) is 0 Å². The number of hydrogen-bond acceptors (Lipinski definition) is 4. The van der Waals surface area contributed by atoms with E-state index in [1.165, 1.54) is 6.92 Å². The standard InChI is InChI=1S/C3H5ClO4.Al.2Na/c1-2(5)3(6)7-8-4;;;/h2,5H,1H3;;;. The van der Waals surface area contributed by atoms with Crippen LogP contribution in [0.15, 0.2) is 0 Å². The molecule has 53 valence electrons. The summed E-state index contributed by atoms with van der Waals surface area (Å²) in [6.07, 6.45) is -1.20. The van der Waals surface area contributed by atoms with Crippen LogP contribution in [-0.4, -0.2) is 93.7 Å². The third-order valence-electron chi connectivity index (χ3n) is 0.455. The van der Waals surface area contributed by atoms with Gasteiger partial charge in [-0.2, -0.15) is 0 Å². The number of aliphatic hydroxyl groups is 1. The van der Waals surface area contributed by atoms with Crippen LogP contribution in [0.3, 0.4) is 0 Å². The van der Waals surface area contributed by atoms with E-state index in [4.69, 9.17) is 5.11 Å². The Morgan fingerprint density at radius 1 is 1.55 bits per heavy atom. The van der Waals surface area contributed by atoms with Crippen molar-refractivity contribution in [1.82, 2.24) is 0 Å². The van der Waals surface area contributed by atoms with Crippen molar-refractivity contribution >= 4 is 94.3 Å². The smallest absolute Gasteiger partial charge is 0.372 e. The summed E-state index contributed by atoms with van der Waals surface area (Å²) in [7, 11) is 0. The zero-order valence-corrected chi connectivity index (χ0v) is 12.6. The molecule has 11 heavy (non-hydrogen) atoms. The summed E-state index contributed by atoms with van der Waals surface area (Å²) in [6, 6.07) is 0. The SMILES string of the molecule is CC(O)C(=O)OOCl.[Al].[Na].[Na]. The maximum Gasteiger partial charge on any atom is 0.372 e. The molecule has 0 bridgehead atoms. The molecular formula is C3H5AlClNa2O4. The Morgan fingerprint density at radius 2 is 1.91 bits per heavy atom. The van der Waals surface area contributed by atoms with Crippen LogP contribution in [0, 0.1) is 0 Å². The molecule has 8 heteroatoms. The van der Waals surface area contributed by atoms with Gasteiger partial charge in [0.2, 0.25) is 0 Å². The van der Waals surface area contributed by atoms with Crippen LogP contribution in [-0.2, 0) is 14.1 Å². The van der Waals surface area contributed by atoms with E-state index in [1.54, 1.807) is 0 Å². The minimum atomic E-state index is -1.20. The van der Waals surface area contributed by atoms with E-state index in [9.17, 15) is 4.79 Å². The number of aliphatic hydroxyl groups excluding tert-OH is 1. The van der Waals surface area contributed by atoms with Gasteiger partial charge in [-0.25, -0.2) is 4.79 Å². The predicted octanol–water partition coefficient (Wildman–Crippen LogP) is -1.15. The van der Waals surface area contributed by atoms with Gasteiger partial charge in [-0.05, 0) is 6.92 Å². The van der Waals surface area contributed by atoms with E-state index >= 15 is 0 Å². The fraction of sp³-hybridized carbons (Fsp3) is 0.667. The Morgan fingerprint density at radius 3 is 2.00 bits per heavy atom. The van der Waals surface area contributed by atoms with Crippen LogP contribution < -0.4 is 0 Å². The molecule has 0 rings (SSSR count). The monoisotopic (exact) mass is 213 g/mol. The molecule has 4 nitrogen and oxygen atoms in total. The van der Waals surface area contributed by atoms with Crippen molar-refractivity contribution in [3.05, 3.63) is 0 Å². The zero-order chi connectivity index (χ0) is 6.57. The van der Waals surface area contributed by atoms with Crippen LogP contribution in [0.2, 0.25) is 0 Å². The van der Waals surface area contributed by atoms with Gasteiger partial charge < -0.3 is 5.11 Å². The summed E-state index contributed by atoms with van der Waals surface area (Å²) in [6.45, 7) is 1.23. The molecule has 0 aliphatic carbocycles. The molecule has 0 aliphatic heterocycles. The van der Waals surface area contributed by atoms with Gasteiger partial charge in [0.15, 0.2) is 6.10 Å². The van der Waals surface area contributed by atoms with E-state index in [0.29, 0.717) is 0 Å². The molecule has 0 aromatic carbocycles. The van der Waals surface area contributed by atoms with Gasteiger partial charge in [-0.3, -0.25) is 4.89 Å².